The minimum Gasteiger partial charge on any atom is -0.508 e. The van der Waals surface area contributed by atoms with Crippen LogP contribution < -0.4 is 0 Å². The Labute approximate surface area is 151 Å². The molecule has 0 radical (unpaired) electrons. The topological polar surface area (TPSA) is 73.1 Å². The number of nitrogens with zero attached hydrogens (tertiary/aromatic N) is 2. The van der Waals surface area contributed by atoms with Crippen LogP contribution in [-0.2, 0) is 20.9 Å². The van der Waals surface area contributed by atoms with Gasteiger partial charge >= 0.3 is 5.97 Å². The lowest BCUT2D eigenvalue weighted by Crippen LogP contribution is -2.12. The molecule has 0 amide bonds. The van der Waals surface area contributed by atoms with Gasteiger partial charge in [-0.25, -0.2) is 9.78 Å². The minimum absolute atomic E-state index is 0.138. The van der Waals surface area contributed by atoms with E-state index in [0.29, 0.717) is 23.6 Å². The lowest BCUT2D eigenvalue weighted by molar-refractivity contribution is -0.148. The first-order valence-electron chi connectivity index (χ1n) is 8.17. The maximum Gasteiger partial charge on any atom is 0.332 e. The Balaban J connectivity index is 1.87. The maximum atomic E-state index is 11.4. The summed E-state index contributed by atoms with van der Waals surface area (Å²) in [6.45, 7) is 2.07. The van der Waals surface area contributed by atoms with E-state index in [1.165, 1.54) is 0 Å². The van der Waals surface area contributed by atoms with Gasteiger partial charge in [-0.3, -0.25) is 4.40 Å². The SMILES string of the molecule is CCOC(=O)COCc1nc2ccccn2c1C#Cc1cccc(O)c1. The largest absolute Gasteiger partial charge is 0.508 e. The van der Waals surface area contributed by atoms with E-state index in [9.17, 15) is 9.90 Å². The van der Waals surface area contributed by atoms with Crippen molar-refractivity contribution < 1.29 is 19.4 Å². The van der Waals surface area contributed by atoms with Crippen molar-refractivity contribution in [2.45, 2.75) is 13.5 Å². The highest BCUT2D eigenvalue weighted by Crippen LogP contribution is 2.14. The Hall–Kier alpha value is -3.30. The summed E-state index contributed by atoms with van der Waals surface area (Å²) in [5.41, 5.74) is 2.73. The molecule has 0 aliphatic heterocycles. The molecule has 0 aliphatic carbocycles. The summed E-state index contributed by atoms with van der Waals surface area (Å²) >= 11 is 0. The van der Waals surface area contributed by atoms with E-state index in [1.54, 1.807) is 25.1 Å². The zero-order chi connectivity index (χ0) is 18.4. The molecule has 3 aromatic rings. The molecule has 26 heavy (non-hydrogen) atoms. The quantitative estimate of drug-likeness (QED) is 0.565. The van der Waals surface area contributed by atoms with Crippen molar-refractivity contribution in [1.82, 2.24) is 9.38 Å². The van der Waals surface area contributed by atoms with Gasteiger partial charge < -0.3 is 14.6 Å². The van der Waals surface area contributed by atoms with Gasteiger partial charge in [-0.2, -0.15) is 0 Å². The van der Waals surface area contributed by atoms with Gasteiger partial charge in [0.2, 0.25) is 0 Å². The first-order chi connectivity index (χ1) is 12.7. The number of phenolic OH excluding ortho intramolecular Hbond substituents is 1. The predicted molar refractivity (Wildman–Crippen MR) is 95.6 cm³/mol. The fourth-order valence-corrected chi connectivity index (χ4v) is 2.43. The van der Waals surface area contributed by atoms with E-state index in [2.05, 4.69) is 16.8 Å². The number of aromatic nitrogens is 2. The molecule has 0 aliphatic rings. The first-order valence-corrected chi connectivity index (χ1v) is 8.17. The van der Waals surface area contributed by atoms with Crippen molar-refractivity contribution in [1.29, 1.82) is 0 Å². The molecule has 1 N–H and O–H groups in total. The number of hydrogen-bond acceptors (Lipinski definition) is 5. The molecule has 0 saturated carbocycles. The fraction of sp³-hybridized carbons (Fsp3) is 0.200. The van der Waals surface area contributed by atoms with Crippen molar-refractivity contribution >= 4 is 11.6 Å². The van der Waals surface area contributed by atoms with Crippen LogP contribution in [0.3, 0.4) is 0 Å². The van der Waals surface area contributed by atoms with E-state index < -0.39 is 5.97 Å². The molecule has 0 unspecified atom stereocenters. The van der Waals surface area contributed by atoms with Crippen LogP contribution in [0.25, 0.3) is 5.65 Å². The van der Waals surface area contributed by atoms with Gasteiger partial charge in [-0.1, -0.05) is 18.1 Å². The van der Waals surface area contributed by atoms with Gasteiger partial charge in [-0.15, -0.1) is 0 Å². The molecule has 6 heteroatoms. The van der Waals surface area contributed by atoms with Crippen molar-refractivity contribution in [3.63, 3.8) is 0 Å². The van der Waals surface area contributed by atoms with Crippen LogP contribution in [0.15, 0.2) is 48.7 Å². The number of benzene rings is 1. The highest BCUT2D eigenvalue weighted by Gasteiger charge is 2.11. The van der Waals surface area contributed by atoms with E-state index >= 15 is 0 Å². The number of pyridine rings is 1. The molecule has 0 spiro atoms. The number of aromatic hydroxyl groups is 1. The highest BCUT2D eigenvalue weighted by molar-refractivity contribution is 5.70. The average molecular weight is 350 g/mol. The summed E-state index contributed by atoms with van der Waals surface area (Å²) in [5, 5.41) is 9.56. The molecule has 3 rings (SSSR count). The molecular weight excluding hydrogens is 332 g/mol. The number of phenols is 1. The molecular formula is C20H18N2O4. The highest BCUT2D eigenvalue weighted by atomic mass is 16.6. The molecule has 132 valence electrons. The van der Waals surface area contributed by atoms with Gasteiger partial charge in [0.05, 0.1) is 13.2 Å². The molecule has 2 aromatic heterocycles. The maximum absolute atomic E-state index is 11.4. The summed E-state index contributed by atoms with van der Waals surface area (Å²) < 4.78 is 12.1. The number of rotatable bonds is 5. The minimum atomic E-state index is -0.413. The summed E-state index contributed by atoms with van der Waals surface area (Å²) in [4.78, 5) is 15.9. The third kappa shape index (κ3) is 4.21. The molecule has 6 nitrogen and oxygen atoms in total. The zero-order valence-corrected chi connectivity index (χ0v) is 14.3. The van der Waals surface area contributed by atoms with Crippen LogP contribution in [0.4, 0.5) is 0 Å². The number of hydrogen-bond donors (Lipinski definition) is 1. The number of esters is 1. The Morgan fingerprint density at radius 1 is 1.23 bits per heavy atom. The Morgan fingerprint density at radius 2 is 2.12 bits per heavy atom. The molecule has 0 fully saturated rings. The van der Waals surface area contributed by atoms with E-state index in [4.69, 9.17) is 9.47 Å². The molecule has 2 heterocycles. The van der Waals surface area contributed by atoms with E-state index in [1.807, 2.05) is 34.9 Å². The predicted octanol–water partition coefficient (Wildman–Crippen LogP) is 2.52. The smallest absolute Gasteiger partial charge is 0.332 e. The Bertz CT molecular complexity index is 982. The monoisotopic (exact) mass is 350 g/mol. The number of carbonyl (C=O) groups excluding carboxylic acids is 1. The van der Waals surface area contributed by atoms with Crippen LogP contribution in [0.2, 0.25) is 0 Å². The average Bonchev–Trinajstić information content (AvgIpc) is 2.98. The van der Waals surface area contributed by atoms with Gasteiger partial charge in [0.25, 0.3) is 0 Å². The number of imidazole rings is 1. The lowest BCUT2D eigenvalue weighted by Gasteiger charge is -2.03. The Kier molecular flexibility index (Phi) is 5.52. The van der Waals surface area contributed by atoms with Crippen LogP contribution in [0.5, 0.6) is 5.75 Å². The first kappa shape index (κ1) is 17.5. The lowest BCUT2D eigenvalue weighted by atomic mass is 10.2. The number of fused-ring (bicyclic) bond motifs is 1. The van der Waals surface area contributed by atoms with Crippen molar-refractivity contribution in [2.75, 3.05) is 13.2 Å². The van der Waals surface area contributed by atoms with Crippen LogP contribution in [0.1, 0.15) is 23.9 Å². The van der Waals surface area contributed by atoms with Crippen molar-refractivity contribution in [2.24, 2.45) is 0 Å². The fourth-order valence-electron chi connectivity index (χ4n) is 2.43. The second kappa shape index (κ2) is 8.19. The summed E-state index contributed by atoms with van der Waals surface area (Å²) in [6.07, 6.45) is 1.86. The van der Waals surface area contributed by atoms with Gasteiger partial charge in [0.1, 0.15) is 29.4 Å². The molecule has 0 atom stereocenters. The zero-order valence-electron chi connectivity index (χ0n) is 14.3. The second-order valence-electron chi connectivity index (χ2n) is 5.43. The van der Waals surface area contributed by atoms with Gasteiger partial charge in [0, 0.05) is 11.8 Å². The summed E-state index contributed by atoms with van der Waals surface area (Å²) in [6, 6.07) is 12.4. The van der Waals surface area contributed by atoms with Crippen LogP contribution in [-0.4, -0.2) is 33.7 Å². The van der Waals surface area contributed by atoms with Crippen molar-refractivity contribution in [3.05, 3.63) is 65.6 Å². The standard InChI is InChI=1S/C20H18N2O4/c1-2-26-20(24)14-25-13-17-18(22-11-4-3-8-19(22)21-17)10-9-15-6-5-7-16(23)12-15/h3-8,11-12,23H,2,13-14H2,1H3. The Morgan fingerprint density at radius 3 is 2.92 bits per heavy atom. The van der Waals surface area contributed by atoms with Crippen LogP contribution >= 0.6 is 0 Å². The molecule has 1 aromatic carbocycles. The summed E-state index contributed by atoms with van der Waals surface area (Å²) in [7, 11) is 0. The van der Waals surface area contributed by atoms with E-state index in [-0.39, 0.29) is 19.0 Å². The van der Waals surface area contributed by atoms with Crippen molar-refractivity contribution in [3.8, 4) is 17.6 Å². The molecule has 0 bridgehead atoms. The van der Waals surface area contributed by atoms with Gasteiger partial charge in [0.15, 0.2) is 0 Å². The number of carbonyl (C=O) groups is 1. The number of ether oxygens (including phenoxy) is 2. The molecule has 0 saturated heterocycles. The van der Waals surface area contributed by atoms with Gasteiger partial charge in [-0.05, 0) is 43.2 Å². The van der Waals surface area contributed by atoms with Crippen LogP contribution in [0, 0.1) is 11.8 Å². The van der Waals surface area contributed by atoms with E-state index in [0.717, 1.165) is 5.65 Å². The third-order valence-corrected chi connectivity index (χ3v) is 3.54. The summed E-state index contributed by atoms with van der Waals surface area (Å²) in [5.74, 6) is 5.85. The normalized spacial score (nSPS) is 10.3. The second-order valence-corrected chi connectivity index (χ2v) is 5.43. The third-order valence-electron chi connectivity index (χ3n) is 3.54.